The fraction of sp³-hybridized carbons (Fsp3) is 0.476. The third kappa shape index (κ3) is 3.37. The first-order chi connectivity index (χ1) is 13.5. The number of imide groups is 1. The predicted molar refractivity (Wildman–Crippen MR) is 104 cm³/mol. The summed E-state index contributed by atoms with van der Waals surface area (Å²) < 4.78 is 10.8. The number of hydrogen-bond donors (Lipinski definition) is 1. The Morgan fingerprint density at radius 3 is 2.46 bits per heavy atom. The minimum absolute atomic E-state index is 0.0344. The van der Waals surface area contributed by atoms with Crippen LogP contribution in [0, 0.1) is 0 Å². The van der Waals surface area contributed by atoms with Gasteiger partial charge in [-0.2, -0.15) is 0 Å². The number of carbonyl (C=O) groups excluding carboxylic acids is 3. The molecule has 1 aromatic heterocycles. The van der Waals surface area contributed by atoms with E-state index in [2.05, 4.69) is 5.32 Å². The molecule has 2 heterocycles. The zero-order valence-electron chi connectivity index (χ0n) is 16.5. The summed E-state index contributed by atoms with van der Waals surface area (Å²) in [7, 11) is 0. The number of carbonyl (C=O) groups is 3. The van der Waals surface area contributed by atoms with Gasteiger partial charge in [-0.3, -0.25) is 9.69 Å². The van der Waals surface area contributed by atoms with E-state index in [0.29, 0.717) is 29.4 Å². The average molecular weight is 386 g/mol. The topological polar surface area (TPSA) is 88.8 Å². The van der Waals surface area contributed by atoms with Gasteiger partial charge in [0.2, 0.25) is 5.76 Å². The largest absolute Gasteiger partial charge is 0.460 e. The zero-order valence-corrected chi connectivity index (χ0v) is 16.5. The number of para-hydroxylation sites is 1. The molecule has 0 bridgehead atoms. The van der Waals surface area contributed by atoms with E-state index >= 15 is 0 Å². The van der Waals surface area contributed by atoms with E-state index in [0.717, 1.165) is 12.8 Å². The van der Waals surface area contributed by atoms with Gasteiger partial charge in [-0.05, 0) is 25.8 Å². The molecule has 1 N–H and O–H groups in total. The minimum atomic E-state index is -0.871. The molecular formula is C21H26N2O5. The van der Waals surface area contributed by atoms with E-state index < -0.39 is 17.5 Å². The van der Waals surface area contributed by atoms with Crippen LogP contribution in [0.4, 0.5) is 4.79 Å². The van der Waals surface area contributed by atoms with Crippen molar-refractivity contribution < 1.29 is 23.5 Å². The Kier molecular flexibility index (Phi) is 5.72. The van der Waals surface area contributed by atoms with Crippen LogP contribution in [0.1, 0.15) is 62.6 Å². The van der Waals surface area contributed by atoms with Crippen molar-refractivity contribution in [2.45, 2.75) is 58.5 Å². The number of benzene rings is 1. The number of hydrogen-bond acceptors (Lipinski definition) is 5. The lowest BCUT2D eigenvalue weighted by Crippen LogP contribution is -2.46. The molecule has 0 radical (unpaired) electrons. The van der Waals surface area contributed by atoms with Gasteiger partial charge in [-0.1, -0.05) is 44.9 Å². The lowest BCUT2D eigenvalue weighted by Gasteiger charge is -2.25. The number of nitrogens with one attached hydrogen (secondary N) is 1. The Morgan fingerprint density at radius 2 is 1.82 bits per heavy atom. The van der Waals surface area contributed by atoms with Gasteiger partial charge >= 0.3 is 12.0 Å². The number of ether oxygens (including phenoxy) is 1. The fourth-order valence-corrected chi connectivity index (χ4v) is 3.91. The van der Waals surface area contributed by atoms with Crippen molar-refractivity contribution in [3.8, 4) is 0 Å². The second-order valence-electron chi connectivity index (χ2n) is 7.03. The molecule has 0 atom stereocenters. The van der Waals surface area contributed by atoms with E-state index in [9.17, 15) is 14.4 Å². The van der Waals surface area contributed by atoms with Crippen LogP contribution >= 0.6 is 0 Å². The smallest absolute Gasteiger partial charge is 0.374 e. The van der Waals surface area contributed by atoms with Gasteiger partial charge in [-0.25, -0.2) is 9.59 Å². The van der Waals surface area contributed by atoms with Crippen molar-refractivity contribution >= 4 is 28.9 Å². The van der Waals surface area contributed by atoms with Gasteiger partial charge in [0.25, 0.3) is 5.91 Å². The highest BCUT2D eigenvalue weighted by molar-refractivity contribution is 6.07. The highest BCUT2D eigenvalue weighted by Gasteiger charge is 2.50. The van der Waals surface area contributed by atoms with E-state index in [1.807, 2.05) is 19.9 Å². The number of furan rings is 1. The summed E-state index contributed by atoms with van der Waals surface area (Å²) in [4.78, 5) is 39.4. The van der Waals surface area contributed by atoms with Crippen LogP contribution in [0.3, 0.4) is 0 Å². The van der Waals surface area contributed by atoms with Gasteiger partial charge in [-0.15, -0.1) is 0 Å². The molecular weight excluding hydrogens is 360 g/mol. The minimum Gasteiger partial charge on any atom is -0.460 e. The molecule has 0 unspecified atom stereocenters. The lowest BCUT2D eigenvalue weighted by molar-refractivity contribution is -0.132. The number of esters is 1. The molecule has 2 aromatic rings. The van der Waals surface area contributed by atoms with Gasteiger partial charge in [0.15, 0.2) is 0 Å². The monoisotopic (exact) mass is 386 g/mol. The van der Waals surface area contributed by atoms with Crippen molar-refractivity contribution in [3.63, 3.8) is 0 Å². The second kappa shape index (κ2) is 8.04. The van der Waals surface area contributed by atoms with Crippen LogP contribution in [0.25, 0.3) is 11.0 Å². The molecule has 1 fully saturated rings. The first-order valence-corrected chi connectivity index (χ1v) is 9.79. The summed E-state index contributed by atoms with van der Waals surface area (Å²) in [6.45, 7) is 5.85. The number of amides is 3. The third-order valence-electron chi connectivity index (χ3n) is 5.07. The Labute approximate surface area is 164 Å². The maximum Gasteiger partial charge on any atom is 0.374 e. The third-order valence-corrected chi connectivity index (χ3v) is 5.07. The summed E-state index contributed by atoms with van der Waals surface area (Å²) in [5, 5.41) is 3.58. The van der Waals surface area contributed by atoms with Crippen LogP contribution < -0.4 is 5.32 Å². The molecule has 28 heavy (non-hydrogen) atoms. The van der Waals surface area contributed by atoms with E-state index in [1.54, 1.807) is 25.1 Å². The standard InChI is InChI=1S/C21H26N2O5/c1-4-11-21(12-5-2)19(25)23(20(26)22-21)13-15-14-9-7-8-10-16(14)28-17(15)18(24)27-6-3/h7-10H,4-6,11-13H2,1-3H3,(H,22,26). The van der Waals surface area contributed by atoms with Crippen LogP contribution in [0.15, 0.2) is 28.7 Å². The van der Waals surface area contributed by atoms with Gasteiger partial charge in [0.05, 0.1) is 13.2 Å². The highest BCUT2D eigenvalue weighted by Crippen LogP contribution is 2.32. The Bertz CT molecular complexity index is 895. The molecule has 1 saturated heterocycles. The number of fused-ring (bicyclic) bond motifs is 1. The van der Waals surface area contributed by atoms with Crippen molar-refractivity contribution in [3.05, 3.63) is 35.6 Å². The predicted octanol–water partition coefficient (Wildman–Crippen LogP) is 4.00. The van der Waals surface area contributed by atoms with Crippen molar-refractivity contribution in [2.24, 2.45) is 0 Å². The van der Waals surface area contributed by atoms with Crippen LogP contribution in [-0.4, -0.2) is 35.0 Å². The maximum absolute atomic E-state index is 13.2. The molecule has 7 heteroatoms. The molecule has 1 aliphatic rings. The van der Waals surface area contributed by atoms with Crippen LogP contribution in [0.5, 0.6) is 0 Å². The van der Waals surface area contributed by atoms with Crippen LogP contribution in [-0.2, 0) is 16.1 Å². The number of rotatable bonds is 8. The summed E-state index contributed by atoms with van der Waals surface area (Å²) in [5.41, 5.74) is 0.131. The van der Waals surface area contributed by atoms with Gasteiger partial charge < -0.3 is 14.5 Å². The lowest BCUT2D eigenvalue weighted by atomic mass is 9.88. The normalized spacial score (nSPS) is 15.9. The van der Waals surface area contributed by atoms with E-state index in [4.69, 9.17) is 9.15 Å². The summed E-state index contributed by atoms with van der Waals surface area (Å²) in [6.07, 6.45) is 2.72. The van der Waals surface area contributed by atoms with Crippen molar-refractivity contribution in [1.29, 1.82) is 0 Å². The first-order valence-electron chi connectivity index (χ1n) is 9.79. The fourth-order valence-electron chi connectivity index (χ4n) is 3.91. The van der Waals surface area contributed by atoms with E-state index in [1.165, 1.54) is 4.90 Å². The Balaban J connectivity index is 2.00. The molecule has 3 amide bonds. The summed E-state index contributed by atoms with van der Waals surface area (Å²) >= 11 is 0. The number of urea groups is 1. The average Bonchev–Trinajstić information content (AvgIpc) is 3.14. The molecule has 150 valence electrons. The molecule has 1 aliphatic heterocycles. The Morgan fingerprint density at radius 1 is 1.14 bits per heavy atom. The molecule has 0 spiro atoms. The quantitative estimate of drug-likeness (QED) is 0.547. The van der Waals surface area contributed by atoms with Crippen LogP contribution in [0.2, 0.25) is 0 Å². The Hall–Kier alpha value is -2.83. The van der Waals surface area contributed by atoms with E-state index in [-0.39, 0.29) is 24.8 Å². The summed E-state index contributed by atoms with van der Waals surface area (Å²) in [5.74, 6) is -0.817. The van der Waals surface area contributed by atoms with Crippen molar-refractivity contribution in [1.82, 2.24) is 10.2 Å². The summed E-state index contributed by atoms with van der Waals surface area (Å²) in [6, 6.07) is 6.73. The molecule has 0 aliphatic carbocycles. The van der Waals surface area contributed by atoms with Crippen molar-refractivity contribution in [2.75, 3.05) is 6.61 Å². The maximum atomic E-state index is 13.2. The van der Waals surface area contributed by atoms with Gasteiger partial charge in [0.1, 0.15) is 11.1 Å². The SMILES string of the molecule is CCCC1(CCC)NC(=O)N(Cc2c(C(=O)OCC)oc3ccccc23)C1=O. The molecule has 1 aromatic carbocycles. The second-order valence-corrected chi connectivity index (χ2v) is 7.03. The molecule has 7 nitrogen and oxygen atoms in total. The molecule has 3 rings (SSSR count). The zero-order chi connectivity index (χ0) is 20.3. The van der Waals surface area contributed by atoms with Gasteiger partial charge in [0, 0.05) is 10.9 Å². The first kappa shape index (κ1) is 19.9. The molecule has 0 saturated carbocycles. The highest BCUT2D eigenvalue weighted by atomic mass is 16.5. The number of nitrogens with zero attached hydrogens (tertiary/aromatic N) is 1.